The molecule has 0 atom stereocenters. The van der Waals surface area contributed by atoms with Gasteiger partial charge in [-0.2, -0.15) is 0 Å². The maximum absolute atomic E-state index is 6.32. The summed E-state index contributed by atoms with van der Waals surface area (Å²) in [6.07, 6.45) is 5.93. The normalized spacial score (nSPS) is 14.3. The molecule has 0 amide bonds. The summed E-state index contributed by atoms with van der Waals surface area (Å²) in [5.41, 5.74) is 2.20. The number of hydrogen-bond donors (Lipinski definition) is 2. The molecule has 166 valence electrons. The number of aromatic nitrogens is 1. The van der Waals surface area contributed by atoms with Crippen LogP contribution in [0.4, 0.5) is 0 Å². The molecular formula is C22H33IN4O2S. The van der Waals surface area contributed by atoms with Crippen molar-refractivity contribution in [2.75, 3.05) is 20.7 Å². The molecule has 1 aliphatic carbocycles. The van der Waals surface area contributed by atoms with Crippen LogP contribution in [-0.2, 0) is 13.0 Å². The Labute approximate surface area is 200 Å². The van der Waals surface area contributed by atoms with E-state index >= 15 is 0 Å². The van der Waals surface area contributed by atoms with Crippen molar-refractivity contribution in [3.8, 4) is 11.5 Å². The van der Waals surface area contributed by atoms with Gasteiger partial charge >= 0.3 is 0 Å². The van der Waals surface area contributed by atoms with Gasteiger partial charge in [-0.05, 0) is 45.6 Å². The van der Waals surface area contributed by atoms with Crippen molar-refractivity contribution >= 4 is 41.3 Å². The molecule has 8 heteroatoms. The molecule has 2 N–H and O–H groups in total. The second-order valence-electron chi connectivity index (χ2n) is 7.32. The first-order valence-corrected chi connectivity index (χ1v) is 11.1. The van der Waals surface area contributed by atoms with Gasteiger partial charge in [0.2, 0.25) is 0 Å². The number of aliphatic imine (C=N–C) groups is 1. The highest BCUT2D eigenvalue weighted by atomic mass is 127. The molecule has 3 rings (SSSR count). The Hall–Kier alpha value is -1.55. The van der Waals surface area contributed by atoms with Gasteiger partial charge in [-0.25, -0.2) is 4.98 Å². The quantitative estimate of drug-likeness (QED) is 0.289. The van der Waals surface area contributed by atoms with Crippen molar-refractivity contribution in [1.82, 2.24) is 15.6 Å². The number of rotatable bonds is 8. The van der Waals surface area contributed by atoms with Gasteiger partial charge in [0.05, 0.1) is 23.9 Å². The highest BCUT2D eigenvalue weighted by molar-refractivity contribution is 14.0. The van der Waals surface area contributed by atoms with Crippen LogP contribution in [0.5, 0.6) is 11.5 Å². The molecule has 1 saturated carbocycles. The molecular weight excluding hydrogens is 511 g/mol. The number of halogens is 1. The largest absolute Gasteiger partial charge is 0.493 e. The zero-order valence-electron chi connectivity index (χ0n) is 18.3. The fourth-order valence-corrected chi connectivity index (χ4v) is 4.60. The highest BCUT2D eigenvalue weighted by Crippen LogP contribution is 2.34. The molecule has 1 aromatic heterocycles. The Kier molecular flexibility index (Phi) is 10.2. The zero-order valence-corrected chi connectivity index (χ0v) is 21.4. The van der Waals surface area contributed by atoms with Crippen LogP contribution in [0.1, 0.15) is 46.8 Å². The van der Waals surface area contributed by atoms with Gasteiger partial charge in [-0.1, -0.05) is 12.1 Å². The van der Waals surface area contributed by atoms with Crippen molar-refractivity contribution in [2.45, 2.75) is 58.6 Å². The summed E-state index contributed by atoms with van der Waals surface area (Å²) in [4.78, 5) is 10.2. The predicted octanol–water partition coefficient (Wildman–Crippen LogP) is 4.62. The summed E-state index contributed by atoms with van der Waals surface area (Å²) < 4.78 is 11.9. The molecule has 0 saturated heterocycles. The van der Waals surface area contributed by atoms with E-state index in [1.54, 1.807) is 25.5 Å². The Morgan fingerprint density at radius 3 is 2.63 bits per heavy atom. The lowest BCUT2D eigenvalue weighted by molar-refractivity contribution is 0.198. The number of hydrogen-bond acceptors (Lipinski definition) is 5. The fraction of sp³-hybridized carbons (Fsp3) is 0.545. The Morgan fingerprint density at radius 2 is 2.00 bits per heavy atom. The lowest BCUT2D eigenvalue weighted by Gasteiger charge is -2.20. The van der Waals surface area contributed by atoms with Gasteiger partial charge in [0.15, 0.2) is 17.5 Å². The van der Waals surface area contributed by atoms with Gasteiger partial charge in [-0.3, -0.25) is 4.99 Å². The number of nitrogens with one attached hydrogen (secondary N) is 2. The van der Waals surface area contributed by atoms with Gasteiger partial charge in [0.25, 0.3) is 0 Å². The summed E-state index contributed by atoms with van der Waals surface area (Å²) in [7, 11) is 3.48. The monoisotopic (exact) mass is 544 g/mol. The summed E-state index contributed by atoms with van der Waals surface area (Å²) in [5, 5.41) is 7.91. The van der Waals surface area contributed by atoms with Crippen molar-refractivity contribution in [2.24, 2.45) is 4.99 Å². The number of ether oxygens (including phenoxy) is 2. The van der Waals surface area contributed by atoms with E-state index in [0.29, 0.717) is 6.54 Å². The van der Waals surface area contributed by atoms with E-state index in [1.165, 1.54) is 17.7 Å². The Balaban J connectivity index is 0.00000320. The first kappa shape index (κ1) is 24.7. The Morgan fingerprint density at radius 1 is 1.23 bits per heavy atom. The molecule has 30 heavy (non-hydrogen) atoms. The van der Waals surface area contributed by atoms with Crippen LogP contribution < -0.4 is 20.1 Å². The van der Waals surface area contributed by atoms with E-state index in [-0.39, 0.29) is 30.1 Å². The molecule has 0 aliphatic heterocycles. The number of thiazole rings is 1. The first-order chi connectivity index (χ1) is 14.1. The lowest BCUT2D eigenvalue weighted by Crippen LogP contribution is -2.38. The van der Waals surface area contributed by atoms with Crippen molar-refractivity contribution in [3.63, 3.8) is 0 Å². The van der Waals surface area contributed by atoms with Crippen LogP contribution in [0.25, 0.3) is 0 Å². The highest BCUT2D eigenvalue weighted by Gasteiger charge is 2.20. The minimum Gasteiger partial charge on any atom is -0.493 e. The minimum atomic E-state index is 0. The molecule has 0 unspecified atom stereocenters. The number of guanidine groups is 1. The molecule has 1 heterocycles. The number of methoxy groups -OCH3 is 1. The predicted molar refractivity (Wildman–Crippen MR) is 135 cm³/mol. The molecule has 0 bridgehead atoms. The third kappa shape index (κ3) is 6.73. The molecule has 0 spiro atoms. The van der Waals surface area contributed by atoms with Crippen molar-refractivity contribution in [1.29, 1.82) is 0 Å². The van der Waals surface area contributed by atoms with Gasteiger partial charge < -0.3 is 20.1 Å². The second kappa shape index (κ2) is 12.3. The molecule has 0 radical (unpaired) electrons. The summed E-state index contributed by atoms with van der Waals surface area (Å²) in [6.45, 7) is 5.55. The molecule has 2 aromatic rings. The van der Waals surface area contributed by atoms with E-state index in [9.17, 15) is 0 Å². The molecule has 6 nitrogen and oxygen atoms in total. The first-order valence-electron chi connectivity index (χ1n) is 10.3. The Bertz CT molecular complexity index is 835. The van der Waals surface area contributed by atoms with Crippen LogP contribution in [0, 0.1) is 13.8 Å². The molecule has 1 aromatic carbocycles. The van der Waals surface area contributed by atoms with Crippen molar-refractivity contribution < 1.29 is 9.47 Å². The summed E-state index contributed by atoms with van der Waals surface area (Å²) in [6, 6.07) is 6.04. The average Bonchev–Trinajstić information content (AvgIpc) is 3.34. The number of nitrogens with zero attached hydrogens (tertiary/aromatic N) is 2. The summed E-state index contributed by atoms with van der Waals surface area (Å²) >= 11 is 1.76. The fourth-order valence-electron chi connectivity index (χ4n) is 3.67. The lowest BCUT2D eigenvalue weighted by atomic mass is 10.1. The van der Waals surface area contributed by atoms with E-state index in [4.69, 9.17) is 9.47 Å². The van der Waals surface area contributed by atoms with E-state index < -0.39 is 0 Å². The smallest absolute Gasteiger partial charge is 0.191 e. The maximum atomic E-state index is 6.32. The van der Waals surface area contributed by atoms with Crippen LogP contribution in [0.3, 0.4) is 0 Å². The van der Waals surface area contributed by atoms with Crippen LogP contribution >= 0.6 is 35.3 Å². The maximum Gasteiger partial charge on any atom is 0.191 e. The minimum absolute atomic E-state index is 0. The van der Waals surface area contributed by atoms with Crippen molar-refractivity contribution in [3.05, 3.63) is 39.3 Å². The van der Waals surface area contributed by atoms with Gasteiger partial charge in [-0.15, -0.1) is 35.3 Å². The van der Waals surface area contributed by atoms with Gasteiger partial charge in [0, 0.05) is 37.0 Å². The van der Waals surface area contributed by atoms with E-state index in [2.05, 4.69) is 40.5 Å². The van der Waals surface area contributed by atoms with Crippen LogP contribution in [-0.4, -0.2) is 37.7 Å². The topological polar surface area (TPSA) is 67.8 Å². The zero-order chi connectivity index (χ0) is 20.6. The van der Waals surface area contributed by atoms with E-state index in [1.807, 2.05) is 12.1 Å². The second-order valence-corrected chi connectivity index (χ2v) is 8.60. The number of benzene rings is 1. The summed E-state index contributed by atoms with van der Waals surface area (Å²) in [5.74, 6) is 2.41. The molecule has 1 fully saturated rings. The number of para-hydroxylation sites is 1. The number of aryl methyl sites for hydroxylation is 2. The van der Waals surface area contributed by atoms with Gasteiger partial charge in [0.1, 0.15) is 0 Å². The van der Waals surface area contributed by atoms with E-state index in [0.717, 1.165) is 59.5 Å². The standard InChI is InChI=1S/C22H32N4O2S.HI/c1-15-20(29-16(2)26-15)12-13-24-22(23-3)25-14-17-8-7-11-19(27-4)21(17)28-18-9-5-6-10-18;/h7-8,11,18H,5-6,9-10,12-14H2,1-4H3,(H2,23,24,25);1H. The van der Waals surface area contributed by atoms with Crippen LogP contribution in [0.15, 0.2) is 23.2 Å². The third-order valence-electron chi connectivity index (χ3n) is 5.18. The SMILES string of the molecule is CN=C(NCCc1sc(C)nc1C)NCc1cccc(OC)c1OC1CCCC1.I. The third-order valence-corrected chi connectivity index (χ3v) is 6.31. The molecule has 1 aliphatic rings. The average molecular weight is 545 g/mol. The van der Waals surface area contributed by atoms with Crippen LogP contribution in [0.2, 0.25) is 0 Å².